The predicted molar refractivity (Wildman–Crippen MR) is 49.1 cm³/mol. The van der Waals surface area contributed by atoms with Crippen molar-refractivity contribution in [1.82, 2.24) is 0 Å². The Labute approximate surface area is 101 Å². The number of hydrogen-bond donors (Lipinski definition) is 0. The van der Waals surface area contributed by atoms with Crippen molar-refractivity contribution < 1.29 is 35.5 Å². The minimum Gasteiger partial charge on any atom is -0.218 e. The van der Waals surface area contributed by atoms with Gasteiger partial charge in [0.25, 0.3) is 0 Å². The molecule has 0 saturated heterocycles. The van der Waals surface area contributed by atoms with Crippen LogP contribution in [0.3, 0.4) is 0 Å². The third-order valence-corrected chi connectivity index (χ3v) is 2.22. The minimum absolute atomic E-state index is 0.245. The highest BCUT2D eigenvalue weighted by molar-refractivity contribution is 5.50. The molecule has 0 aliphatic heterocycles. The van der Waals surface area contributed by atoms with E-state index in [4.69, 9.17) is 0 Å². The molecule has 9 heteroatoms. The first-order valence-corrected chi connectivity index (χ1v) is 4.55. The molecule has 0 amide bonds. The largest absolute Gasteiger partial charge is 0.435 e. The van der Waals surface area contributed by atoms with Gasteiger partial charge in [-0.2, -0.15) is 31.3 Å². The lowest BCUT2D eigenvalue weighted by atomic mass is 9.94. The third-order valence-electron chi connectivity index (χ3n) is 2.22. The Bertz CT molecular complexity index is 482. The standard InChI is InChI=1S/C10H4F7NO/c11-8(9(12,13)14,10(15,16)17)6-1-3-7(4-2-6)18-5-19/h1-4H. The molecule has 2 nitrogen and oxygen atoms in total. The molecule has 104 valence electrons. The minimum atomic E-state index is -6.17. The molecule has 0 bridgehead atoms. The number of hydrogen-bond acceptors (Lipinski definition) is 2. The molecule has 0 atom stereocenters. The highest BCUT2D eigenvalue weighted by atomic mass is 19.4. The second-order valence-corrected chi connectivity index (χ2v) is 3.40. The normalized spacial score (nSPS) is 13.0. The van der Waals surface area contributed by atoms with Crippen LogP contribution in [0.15, 0.2) is 29.3 Å². The summed E-state index contributed by atoms with van der Waals surface area (Å²) in [6, 6.07) is 1.81. The summed E-state index contributed by atoms with van der Waals surface area (Å²) >= 11 is 0. The zero-order valence-corrected chi connectivity index (χ0v) is 8.81. The van der Waals surface area contributed by atoms with Gasteiger partial charge in [-0.05, 0) is 12.1 Å². The van der Waals surface area contributed by atoms with Crippen molar-refractivity contribution in [2.45, 2.75) is 18.0 Å². The van der Waals surface area contributed by atoms with Gasteiger partial charge in [-0.1, -0.05) is 12.1 Å². The quantitative estimate of drug-likeness (QED) is 0.460. The average Bonchev–Trinajstić information content (AvgIpc) is 2.26. The molecule has 0 aromatic heterocycles. The van der Waals surface area contributed by atoms with E-state index in [0.717, 1.165) is 6.08 Å². The summed E-state index contributed by atoms with van der Waals surface area (Å²) in [6.07, 6.45) is -11.3. The number of isocyanates is 1. The highest BCUT2D eigenvalue weighted by Gasteiger charge is 2.73. The van der Waals surface area contributed by atoms with E-state index < -0.39 is 23.6 Å². The van der Waals surface area contributed by atoms with Crippen molar-refractivity contribution in [2.75, 3.05) is 0 Å². The van der Waals surface area contributed by atoms with Gasteiger partial charge in [0.15, 0.2) is 0 Å². The molecule has 0 radical (unpaired) electrons. The third kappa shape index (κ3) is 2.60. The van der Waals surface area contributed by atoms with E-state index in [1.165, 1.54) is 0 Å². The van der Waals surface area contributed by atoms with Crippen LogP contribution in [-0.4, -0.2) is 18.4 Å². The summed E-state index contributed by atoms with van der Waals surface area (Å²) < 4.78 is 87.6. The average molecular weight is 287 g/mol. The van der Waals surface area contributed by atoms with Crippen molar-refractivity contribution in [3.8, 4) is 0 Å². The lowest BCUT2D eigenvalue weighted by Crippen LogP contribution is -2.50. The molecule has 1 aromatic carbocycles. The molecule has 0 unspecified atom stereocenters. The van der Waals surface area contributed by atoms with E-state index in [0.29, 0.717) is 12.1 Å². The van der Waals surface area contributed by atoms with Crippen LogP contribution in [0.1, 0.15) is 5.56 Å². The van der Waals surface area contributed by atoms with Crippen molar-refractivity contribution >= 4 is 11.8 Å². The van der Waals surface area contributed by atoms with Crippen LogP contribution in [0.4, 0.5) is 36.4 Å². The molecular weight excluding hydrogens is 283 g/mol. The first-order chi connectivity index (χ1) is 8.54. The zero-order valence-electron chi connectivity index (χ0n) is 8.81. The fraction of sp³-hybridized carbons (Fsp3) is 0.300. The summed E-state index contributed by atoms with van der Waals surface area (Å²) in [6.45, 7) is 0. The Balaban J connectivity index is 3.39. The first-order valence-electron chi connectivity index (χ1n) is 4.55. The maximum Gasteiger partial charge on any atom is 0.435 e. The molecule has 1 rings (SSSR count). The van der Waals surface area contributed by atoms with Gasteiger partial charge in [-0.25, -0.2) is 9.18 Å². The molecule has 0 spiro atoms. The molecular formula is C10H4F7NO. The Hall–Kier alpha value is -1.89. The molecule has 0 N–H and O–H groups in total. The summed E-state index contributed by atoms with van der Waals surface area (Å²) in [5.41, 5.74) is -7.37. The number of halogens is 7. The Morgan fingerprint density at radius 2 is 1.26 bits per heavy atom. The van der Waals surface area contributed by atoms with Crippen LogP contribution in [0.5, 0.6) is 0 Å². The van der Waals surface area contributed by atoms with Gasteiger partial charge in [0.05, 0.1) is 5.69 Å². The molecule has 0 heterocycles. The fourth-order valence-corrected chi connectivity index (χ4v) is 1.31. The monoisotopic (exact) mass is 287 g/mol. The number of carbonyl (C=O) groups excluding carboxylic acids is 1. The Morgan fingerprint density at radius 1 is 0.842 bits per heavy atom. The SMILES string of the molecule is O=C=Nc1ccc(C(F)(C(F)(F)F)C(F)(F)F)cc1. The first kappa shape index (κ1) is 15.2. The summed E-state index contributed by atoms with van der Waals surface area (Å²) in [5.74, 6) is 0. The maximum atomic E-state index is 13.5. The van der Waals surface area contributed by atoms with Crippen molar-refractivity contribution in [3.05, 3.63) is 29.8 Å². The van der Waals surface area contributed by atoms with Gasteiger partial charge in [0.1, 0.15) is 0 Å². The Kier molecular flexibility index (Phi) is 3.72. The summed E-state index contributed by atoms with van der Waals surface area (Å²) in [4.78, 5) is 12.8. The van der Waals surface area contributed by atoms with Gasteiger partial charge >= 0.3 is 18.0 Å². The van der Waals surface area contributed by atoms with Crippen LogP contribution in [0, 0.1) is 0 Å². The summed E-state index contributed by atoms with van der Waals surface area (Å²) in [5, 5.41) is 0. The van der Waals surface area contributed by atoms with Crippen LogP contribution in [0.2, 0.25) is 0 Å². The van der Waals surface area contributed by atoms with Crippen LogP contribution >= 0.6 is 0 Å². The van der Waals surface area contributed by atoms with E-state index in [2.05, 4.69) is 4.99 Å². The van der Waals surface area contributed by atoms with Gasteiger partial charge in [-0.15, -0.1) is 0 Å². The van der Waals surface area contributed by atoms with Crippen molar-refractivity contribution in [3.63, 3.8) is 0 Å². The van der Waals surface area contributed by atoms with Crippen molar-refractivity contribution in [2.24, 2.45) is 4.99 Å². The zero-order chi connectivity index (χ0) is 14.9. The van der Waals surface area contributed by atoms with E-state index >= 15 is 0 Å². The lowest BCUT2D eigenvalue weighted by molar-refractivity contribution is -0.348. The number of aliphatic imine (C=N–C) groups is 1. The van der Waals surface area contributed by atoms with Gasteiger partial charge in [0, 0.05) is 5.56 Å². The summed E-state index contributed by atoms with van der Waals surface area (Å²) in [7, 11) is 0. The van der Waals surface area contributed by atoms with E-state index in [1.54, 1.807) is 0 Å². The van der Waals surface area contributed by atoms with Gasteiger partial charge in [0.2, 0.25) is 6.08 Å². The fourth-order valence-electron chi connectivity index (χ4n) is 1.31. The second-order valence-electron chi connectivity index (χ2n) is 3.40. The number of benzene rings is 1. The number of nitrogens with zero attached hydrogens (tertiary/aromatic N) is 1. The van der Waals surface area contributed by atoms with E-state index in [1.807, 2.05) is 0 Å². The highest BCUT2D eigenvalue weighted by Crippen LogP contribution is 2.53. The Morgan fingerprint density at radius 3 is 1.58 bits per heavy atom. The molecule has 19 heavy (non-hydrogen) atoms. The van der Waals surface area contributed by atoms with E-state index in [-0.39, 0.29) is 17.8 Å². The smallest absolute Gasteiger partial charge is 0.218 e. The second kappa shape index (κ2) is 4.65. The van der Waals surface area contributed by atoms with Crippen molar-refractivity contribution in [1.29, 1.82) is 0 Å². The lowest BCUT2D eigenvalue weighted by Gasteiger charge is -2.30. The predicted octanol–water partition coefficient (Wildman–Crippen LogP) is 3.94. The number of rotatable bonds is 2. The maximum absolute atomic E-state index is 13.5. The van der Waals surface area contributed by atoms with Crippen LogP contribution in [-0.2, 0) is 10.5 Å². The molecule has 1 aromatic rings. The molecule has 0 saturated carbocycles. The molecule has 0 aliphatic rings. The van der Waals surface area contributed by atoms with E-state index in [9.17, 15) is 35.5 Å². The molecule has 0 aliphatic carbocycles. The topological polar surface area (TPSA) is 29.4 Å². The van der Waals surface area contributed by atoms with Crippen LogP contribution < -0.4 is 0 Å². The number of alkyl halides is 7. The van der Waals surface area contributed by atoms with Gasteiger partial charge < -0.3 is 0 Å². The van der Waals surface area contributed by atoms with Gasteiger partial charge in [-0.3, -0.25) is 0 Å². The van der Waals surface area contributed by atoms with Crippen LogP contribution in [0.25, 0.3) is 0 Å². The molecule has 0 fully saturated rings.